The van der Waals surface area contributed by atoms with Gasteiger partial charge in [-0.1, -0.05) is 0 Å². The molecule has 0 radical (unpaired) electrons. The van der Waals surface area contributed by atoms with Crippen LogP contribution in [0.25, 0.3) is 5.82 Å². The van der Waals surface area contributed by atoms with Gasteiger partial charge in [0.05, 0.1) is 25.0 Å². The van der Waals surface area contributed by atoms with Crippen LogP contribution in [0.1, 0.15) is 28.4 Å². The molecular formula is C20H19F2N3O4. The van der Waals surface area contributed by atoms with E-state index in [9.17, 15) is 13.6 Å². The molecule has 0 fully saturated rings. The van der Waals surface area contributed by atoms with Crippen LogP contribution in [0, 0.1) is 11.6 Å². The summed E-state index contributed by atoms with van der Waals surface area (Å²) in [6.07, 6.45) is 4.40. The smallest absolute Gasteiger partial charge is 0.341 e. The van der Waals surface area contributed by atoms with E-state index in [1.165, 1.54) is 29.2 Å². The van der Waals surface area contributed by atoms with Crippen molar-refractivity contribution < 1.29 is 27.8 Å². The van der Waals surface area contributed by atoms with E-state index in [1.807, 2.05) is 0 Å². The lowest BCUT2D eigenvalue weighted by Crippen LogP contribution is -2.06. The summed E-state index contributed by atoms with van der Waals surface area (Å²) >= 11 is 0. The molecule has 0 unspecified atom stereocenters. The van der Waals surface area contributed by atoms with Gasteiger partial charge in [-0.2, -0.15) is 5.10 Å². The number of esters is 1. The quantitative estimate of drug-likeness (QED) is 0.537. The molecule has 0 aliphatic carbocycles. The molecule has 3 aromatic rings. The van der Waals surface area contributed by atoms with Crippen molar-refractivity contribution in [3.8, 4) is 11.6 Å². The molecule has 29 heavy (non-hydrogen) atoms. The molecule has 7 nitrogen and oxygen atoms in total. The standard InChI is InChI=1S/C20H19F2N3O4/c1-3-28-20(26)15-9-24-25(10-15)19-18(6-14(8-23-19)11-27-2)29-12-13-4-16(21)7-17(22)5-13/h4-10H,3,11-12H2,1-2H3. The maximum absolute atomic E-state index is 13.4. The number of benzene rings is 1. The highest BCUT2D eigenvalue weighted by Crippen LogP contribution is 2.24. The van der Waals surface area contributed by atoms with E-state index < -0.39 is 17.6 Å². The van der Waals surface area contributed by atoms with E-state index in [2.05, 4.69) is 10.1 Å². The molecule has 0 aliphatic heterocycles. The zero-order valence-corrected chi connectivity index (χ0v) is 15.9. The molecule has 2 heterocycles. The van der Waals surface area contributed by atoms with Crippen molar-refractivity contribution in [3.63, 3.8) is 0 Å². The summed E-state index contributed by atoms with van der Waals surface area (Å²) in [5.74, 6) is -1.28. The van der Waals surface area contributed by atoms with Gasteiger partial charge in [-0.3, -0.25) is 0 Å². The molecule has 0 bridgehead atoms. The molecule has 0 N–H and O–H groups in total. The molecule has 152 valence electrons. The topological polar surface area (TPSA) is 75.5 Å². The fourth-order valence-electron chi connectivity index (χ4n) is 2.62. The minimum absolute atomic E-state index is 0.0915. The highest BCUT2D eigenvalue weighted by atomic mass is 19.1. The molecule has 0 saturated carbocycles. The molecule has 0 saturated heterocycles. The number of hydrogen-bond acceptors (Lipinski definition) is 6. The monoisotopic (exact) mass is 403 g/mol. The average Bonchev–Trinajstić information content (AvgIpc) is 3.16. The fraction of sp³-hybridized carbons (Fsp3) is 0.250. The molecule has 3 rings (SSSR count). The number of ether oxygens (including phenoxy) is 3. The van der Waals surface area contributed by atoms with Crippen molar-refractivity contribution >= 4 is 5.97 Å². The fourth-order valence-corrected chi connectivity index (χ4v) is 2.62. The van der Waals surface area contributed by atoms with Gasteiger partial charge in [0.15, 0.2) is 11.6 Å². The summed E-state index contributed by atoms with van der Waals surface area (Å²) in [5, 5.41) is 4.13. The molecule has 0 amide bonds. The summed E-state index contributed by atoms with van der Waals surface area (Å²) in [4.78, 5) is 16.2. The van der Waals surface area contributed by atoms with Crippen LogP contribution < -0.4 is 4.74 Å². The Morgan fingerprint density at radius 1 is 1.07 bits per heavy atom. The number of carbonyl (C=O) groups excluding carboxylic acids is 1. The largest absolute Gasteiger partial charge is 0.485 e. The summed E-state index contributed by atoms with van der Waals surface area (Å²) in [6.45, 7) is 2.16. The second kappa shape index (κ2) is 9.24. The van der Waals surface area contributed by atoms with E-state index in [0.717, 1.165) is 11.6 Å². The van der Waals surface area contributed by atoms with Crippen molar-refractivity contribution in [2.24, 2.45) is 0 Å². The van der Waals surface area contributed by atoms with Crippen LogP contribution in [-0.2, 0) is 22.7 Å². The first-order chi connectivity index (χ1) is 14.0. The van der Waals surface area contributed by atoms with Crippen molar-refractivity contribution in [2.75, 3.05) is 13.7 Å². The molecule has 9 heteroatoms. The minimum atomic E-state index is -0.693. The molecular weight excluding hydrogens is 384 g/mol. The van der Waals surface area contributed by atoms with E-state index in [-0.39, 0.29) is 18.8 Å². The van der Waals surface area contributed by atoms with Gasteiger partial charge in [0.2, 0.25) is 0 Å². The van der Waals surface area contributed by atoms with Crippen LogP contribution in [0.2, 0.25) is 0 Å². The third kappa shape index (κ3) is 5.14. The molecule has 0 atom stereocenters. The van der Waals surface area contributed by atoms with Gasteiger partial charge in [-0.15, -0.1) is 0 Å². The van der Waals surface area contributed by atoms with E-state index in [4.69, 9.17) is 14.2 Å². The Bertz CT molecular complexity index is 987. The average molecular weight is 403 g/mol. The maximum Gasteiger partial charge on any atom is 0.341 e. The molecule has 0 aliphatic rings. The normalized spacial score (nSPS) is 10.8. The second-order valence-corrected chi connectivity index (χ2v) is 6.06. The summed E-state index contributed by atoms with van der Waals surface area (Å²) < 4.78 is 44.0. The minimum Gasteiger partial charge on any atom is -0.485 e. The van der Waals surface area contributed by atoms with Crippen molar-refractivity contribution in [3.05, 3.63) is 71.2 Å². The Morgan fingerprint density at radius 3 is 2.52 bits per heavy atom. The molecule has 2 aromatic heterocycles. The molecule has 1 aromatic carbocycles. The number of aromatic nitrogens is 3. The van der Waals surface area contributed by atoms with Gasteiger partial charge < -0.3 is 14.2 Å². The van der Waals surface area contributed by atoms with Crippen LogP contribution in [0.15, 0.2) is 42.9 Å². The summed E-state index contributed by atoms with van der Waals surface area (Å²) in [7, 11) is 1.54. The number of pyridine rings is 1. The maximum atomic E-state index is 13.4. The van der Waals surface area contributed by atoms with Gasteiger partial charge in [0, 0.05) is 25.6 Å². The van der Waals surface area contributed by atoms with Crippen LogP contribution >= 0.6 is 0 Å². The number of halogens is 2. The second-order valence-electron chi connectivity index (χ2n) is 6.06. The van der Waals surface area contributed by atoms with E-state index >= 15 is 0 Å². The van der Waals surface area contributed by atoms with Gasteiger partial charge in [0.25, 0.3) is 0 Å². The highest BCUT2D eigenvalue weighted by molar-refractivity contribution is 5.88. The van der Waals surface area contributed by atoms with Gasteiger partial charge in [-0.05, 0) is 36.2 Å². The Balaban J connectivity index is 1.89. The summed E-state index contributed by atoms with van der Waals surface area (Å²) in [5.41, 5.74) is 1.31. The van der Waals surface area contributed by atoms with Gasteiger partial charge in [-0.25, -0.2) is 23.2 Å². The lowest BCUT2D eigenvalue weighted by molar-refractivity contribution is 0.0526. The lowest BCUT2D eigenvalue weighted by atomic mass is 10.2. The summed E-state index contributed by atoms with van der Waals surface area (Å²) in [6, 6.07) is 4.84. The van der Waals surface area contributed by atoms with Crippen LogP contribution in [0.3, 0.4) is 0 Å². The first-order valence-electron chi connectivity index (χ1n) is 8.78. The zero-order chi connectivity index (χ0) is 20.8. The van der Waals surface area contributed by atoms with Gasteiger partial charge >= 0.3 is 5.97 Å². The van der Waals surface area contributed by atoms with Gasteiger partial charge in [0.1, 0.15) is 18.2 Å². The van der Waals surface area contributed by atoms with Crippen molar-refractivity contribution in [1.82, 2.24) is 14.8 Å². The van der Waals surface area contributed by atoms with E-state index in [0.29, 0.717) is 23.7 Å². The lowest BCUT2D eigenvalue weighted by Gasteiger charge is -2.12. The SMILES string of the molecule is CCOC(=O)c1cnn(-c2ncc(COC)cc2OCc2cc(F)cc(F)c2)c1. The Hall–Kier alpha value is -3.33. The van der Waals surface area contributed by atoms with Crippen LogP contribution in [0.5, 0.6) is 5.75 Å². The zero-order valence-electron chi connectivity index (χ0n) is 15.9. The van der Waals surface area contributed by atoms with Crippen LogP contribution in [0.4, 0.5) is 8.78 Å². The Labute approximate surface area is 165 Å². The predicted molar refractivity (Wildman–Crippen MR) is 98.7 cm³/mol. The third-order valence-corrected chi connectivity index (χ3v) is 3.83. The first-order valence-corrected chi connectivity index (χ1v) is 8.78. The Kier molecular flexibility index (Phi) is 6.50. The number of methoxy groups -OCH3 is 1. The number of rotatable bonds is 8. The van der Waals surface area contributed by atoms with Crippen LogP contribution in [-0.4, -0.2) is 34.5 Å². The number of carbonyl (C=O) groups is 1. The highest BCUT2D eigenvalue weighted by Gasteiger charge is 2.15. The van der Waals surface area contributed by atoms with Crippen molar-refractivity contribution in [1.29, 1.82) is 0 Å². The Morgan fingerprint density at radius 2 is 1.83 bits per heavy atom. The predicted octanol–water partition coefficient (Wildman–Crippen LogP) is 3.45. The third-order valence-electron chi connectivity index (χ3n) is 3.83. The first kappa shape index (κ1) is 20.4. The van der Waals surface area contributed by atoms with E-state index in [1.54, 1.807) is 26.3 Å². The number of nitrogens with zero attached hydrogens (tertiary/aromatic N) is 3. The molecule has 0 spiro atoms. The number of hydrogen-bond donors (Lipinski definition) is 0. The van der Waals surface area contributed by atoms with Crippen molar-refractivity contribution in [2.45, 2.75) is 20.1 Å².